The van der Waals surface area contributed by atoms with Crippen molar-refractivity contribution >= 4 is 5.97 Å². The fourth-order valence-corrected chi connectivity index (χ4v) is 2.29. The molecule has 24 heavy (non-hydrogen) atoms. The summed E-state index contributed by atoms with van der Waals surface area (Å²) >= 11 is 0. The molecule has 3 rings (SSSR count). The second kappa shape index (κ2) is 6.95. The second-order valence-electron chi connectivity index (χ2n) is 5.44. The van der Waals surface area contributed by atoms with Crippen molar-refractivity contribution in [3.8, 4) is 17.1 Å². The minimum absolute atomic E-state index is 0.352. The smallest absolute Gasteiger partial charge is 0.310 e. The first-order chi connectivity index (χ1) is 11.6. The van der Waals surface area contributed by atoms with Crippen LogP contribution in [0.15, 0.2) is 54.9 Å². The molecule has 1 atom stereocenters. The minimum atomic E-state index is -0.841. The van der Waals surface area contributed by atoms with Crippen LogP contribution in [0, 0.1) is 0 Å². The van der Waals surface area contributed by atoms with E-state index in [0.29, 0.717) is 12.4 Å². The zero-order valence-electron chi connectivity index (χ0n) is 13.1. The average molecular weight is 323 g/mol. The molecule has 6 heteroatoms. The number of ether oxygens (including phenoxy) is 1. The summed E-state index contributed by atoms with van der Waals surface area (Å²) in [7, 11) is 0. The number of aliphatic carboxylic acids is 1. The van der Waals surface area contributed by atoms with Gasteiger partial charge in [-0.3, -0.25) is 14.9 Å². The van der Waals surface area contributed by atoms with Crippen LogP contribution in [0.4, 0.5) is 0 Å². The third-order valence-corrected chi connectivity index (χ3v) is 3.74. The van der Waals surface area contributed by atoms with E-state index in [0.717, 1.165) is 22.5 Å². The number of pyridine rings is 1. The lowest BCUT2D eigenvalue weighted by Crippen LogP contribution is -2.08. The highest BCUT2D eigenvalue weighted by molar-refractivity contribution is 5.75. The standard InChI is InChI=1S/C18H17N3O3/c1-12(18(22)23)14-4-2-3-13(9-14)11-24-15-5-6-16(19-10-15)17-7-8-20-21-17/h2-10,12H,11H2,1H3,(H,20,21)(H,22,23). The fourth-order valence-electron chi connectivity index (χ4n) is 2.29. The topological polar surface area (TPSA) is 88.1 Å². The molecule has 0 saturated carbocycles. The molecule has 0 radical (unpaired) electrons. The lowest BCUT2D eigenvalue weighted by Gasteiger charge is -2.10. The predicted octanol–water partition coefficient (Wildman–Crippen LogP) is 3.24. The Hall–Kier alpha value is -3.15. The van der Waals surface area contributed by atoms with Gasteiger partial charge in [-0.1, -0.05) is 24.3 Å². The SMILES string of the molecule is CC(C(=O)O)c1cccc(COc2ccc(-c3ccn[nH]3)nc2)c1. The number of aromatic amines is 1. The monoisotopic (exact) mass is 323 g/mol. The van der Waals surface area contributed by atoms with Crippen LogP contribution in [0.1, 0.15) is 24.0 Å². The Bertz CT molecular complexity index is 814. The van der Waals surface area contributed by atoms with Crippen molar-refractivity contribution in [2.75, 3.05) is 0 Å². The van der Waals surface area contributed by atoms with Crippen molar-refractivity contribution in [1.29, 1.82) is 0 Å². The zero-order chi connectivity index (χ0) is 16.9. The van der Waals surface area contributed by atoms with Crippen molar-refractivity contribution < 1.29 is 14.6 Å². The molecule has 0 aliphatic carbocycles. The van der Waals surface area contributed by atoms with Gasteiger partial charge in [-0.15, -0.1) is 0 Å². The van der Waals surface area contributed by atoms with Crippen molar-refractivity contribution in [3.05, 3.63) is 66.0 Å². The average Bonchev–Trinajstić information content (AvgIpc) is 3.14. The Kier molecular flexibility index (Phi) is 4.56. The molecule has 3 aromatic rings. The molecular weight excluding hydrogens is 306 g/mol. The fraction of sp³-hybridized carbons (Fsp3) is 0.167. The van der Waals surface area contributed by atoms with E-state index >= 15 is 0 Å². The Morgan fingerprint density at radius 3 is 2.83 bits per heavy atom. The van der Waals surface area contributed by atoms with Crippen LogP contribution in [0.3, 0.4) is 0 Å². The number of aromatic nitrogens is 3. The van der Waals surface area contributed by atoms with E-state index in [2.05, 4.69) is 15.2 Å². The van der Waals surface area contributed by atoms with Crippen molar-refractivity contribution in [1.82, 2.24) is 15.2 Å². The number of rotatable bonds is 6. The van der Waals surface area contributed by atoms with Crippen molar-refractivity contribution in [3.63, 3.8) is 0 Å². The van der Waals surface area contributed by atoms with Crippen molar-refractivity contribution in [2.24, 2.45) is 0 Å². The molecule has 2 heterocycles. The maximum atomic E-state index is 11.1. The summed E-state index contributed by atoms with van der Waals surface area (Å²) in [6.07, 6.45) is 3.33. The summed E-state index contributed by atoms with van der Waals surface area (Å²) in [5, 5.41) is 15.8. The van der Waals surface area contributed by atoms with Gasteiger partial charge in [-0.05, 0) is 36.2 Å². The van der Waals surface area contributed by atoms with Gasteiger partial charge in [0.25, 0.3) is 0 Å². The van der Waals surface area contributed by atoms with Gasteiger partial charge in [0.05, 0.1) is 23.5 Å². The summed E-state index contributed by atoms with van der Waals surface area (Å²) < 4.78 is 5.72. The van der Waals surface area contributed by atoms with Gasteiger partial charge in [0, 0.05) is 6.20 Å². The van der Waals surface area contributed by atoms with E-state index in [1.54, 1.807) is 19.3 Å². The van der Waals surface area contributed by atoms with E-state index in [1.807, 2.05) is 42.5 Å². The molecule has 0 bridgehead atoms. The van der Waals surface area contributed by atoms with Crippen LogP contribution in [-0.4, -0.2) is 26.3 Å². The molecule has 122 valence electrons. The molecule has 2 aromatic heterocycles. The number of carboxylic acid groups (broad SMARTS) is 1. The predicted molar refractivity (Wildman–Crippen MR) is 88.6 cm³/mol. The molecular formula is C18H17N3O3. The van der Waals surface area contributed by atoms with Crippen LogP contribution in [0.2, 0.25) is 0 Å². The Morgan fingerprint density at radius 1 is 1.29 bits per heavy atom. The van der Waals surface area contributed by atoms with Crippen LogP contribution < -0.4 is 4.74 Å². The van der Waals surface area contributed by atoms with E-state index in [4.69, 9.17) is 9.84 Å². The summed E-state index contributed by atoms with van der Waals surface area (Å²) in [4.78, 5) is 15.4. The van der Waals surface area contributed by atoms with Gasteiger partial charge in [-0.25, -0.2) is 0 Å². The molecule has 2 N–H and O–H groups in total. The van der Waals surface area contributed by atoms with Crippen LogP contribution in [-0.2, 0) is 11.4 Å². The molecule has 1 unspecified atom stereocenters. The number of benzene rings is 1. The molecule has 0 aliphatic rings. The van der Waals surface area contributed by atoms with Gasteiger partial charge in [0.2, 0.25) is 0 Å². The number of carboxylic acids is 1. The zero-order valence-corrected chi connectivity index (χ0v) is 13.1. The highest BCUT2D eigenvalue weighted by Crippen LogP contribution is 2.20. The molecule has 0 fully saturated rings. The third kappa shape index (κ3) is 3.60. The lowest BCUT2D eigenvalue weighted by atomic mass is 9.99. The molecule has 0 saturated heterocycles. The maximum absolute atomic E-state index is 11.1. The molecule has 0 spiro atoms. The first-order valence-electron chi connectivity index (χ1n) is 7.54. The summed E-state index contributed by atoms with van der Waals surface area (Å²) in [6, 6.07) is 12.9. The Labute approximate surface area is 139 Å². The second-order valence-corrected chi connectivity index (χ2v) is 5.44. The summed E-state index contributed by atoms with van der Waals surface area (Å²) in [5.41, 5.74) is 3.31. The first kappa shape index (κ1) is 15.7. The first-order valence-corrected chi connectivity index (χ1v) is 7.54. The Morgan fingerprint density at radius 2 is 2.17 bits per heavy atom. The van der Waals surface area contributed by atoms with Crippen LogP contribution in [0.25, 0.3) is 11.4 Å². The number of nitrogens with zero attached hydrogens (tertiary/aromatic N) is 2. The number of H-pyrrole nitrogens is 1. The van der Waals surface area contributed by atoms with Crippen LogP contribution >= 0.6 is 0 Å². The van der Waals surface area contributed by atoms with Crippen LogP contribution in [0.5, 0.6) is 5.75 Å². The van der Waals surface area contributed by atoms with Gasteiger partial charge < -0.3 is 9.84 Å². The molecule has 6 nitrogen and oxygen atoms in total. The summed E-state index contributed by atoms with van der Waals surface area (Å²) in [6.45, 7) is 2.02. The lowest BCUT2D eigenvalue weighted by molar-refractivity contribution is -0.138. The third-order valence-electron chi connectivity index (χ3n) is 3.74. The van der Waals surface area contributed by atoms with Gasteiger partial charge in [-0.2, -0.15) is 5.10 Å². The van der Waals surface area contributed by atoms with Gasteiger partial charge in [0.15, 0.2) is 0 Å². The number of carbonyl (C=O) groups is 1. The Balaban J connectivity index is 1.65. The van der Waals surface area contributed by atoms with E-state index < -0.39 is 11.9 Å². The largest absolute Gasteiger partial charge is 0.487 e. The minimum Gasteiger partial charge on any atom is -0.487 e. The number of nitrogens with one attached hydrogen (secondary N) is 1. The van der Waals surface area contributed by atoms with Gasteiger partial charge >= 0.3 is 5.97 Å². The van der Waals surface area contributed by atoms with E-state index in [9.17, 15) is 4.79 Å². The molecule has 0 amide bonds. The van der Waals surface area contributed by atoms with E-state index in [-0.39, 0.29) is 0 Å². The quantitative estimate of drug-likeness (QED) is 0.727. The highest BCUT2D eigenvalue weighted by atomic mass is 16.5. The normalized spacial score (nSPS) is 11.9. The highest BCUT2D eigenvalue weighted by Gasteiger charge is 2.13. The molecule has 1 aromatic carbocycles. The molecule has 0 aliphatic heterocycles. The summed E-state index contributed by atoms with van der Waals surface area (Å²) in [5.74, 6) is -0.734. The maximum Gasteiger partial charge on any atom is 0.310 e. The van der Waals surface area contributed by atoms with Crippen molar-refractivity contribution in [2.45, 2.75) is 19.4 Å². The van der Waals surface area contributed by atoms with Gasteiger partial charge in [0.1, 0.15) is 12.4 Å². The van der Waals surface area contributed by atoms with E-state index in [1.165, 1.54) is 0 Å². The number of hydrogen-bond donors (Lipinski definition) is 2. The number of hydrogen-bond acceptors (Lipinski definition) is 4.